The lowest BCUT2D eigenvalue weighted by Gasteiger charge is -2.11. The number of ether oxygens (including phenoxy) is 1. The summed E-state index contributed by atoms with van der Waals surface area (Å²) in [7, 11) is 1.64. The number of nitrogens with zero attached hydrogens (tertiary/aromatic N) is 2. The van der Waals surface area contributed by atoms with Gasteiger partial charge in [-0.1, -0.05) is 0 Å². The largest absolute Gasteiger partial charge is 0.497 e. The van der Waals surface area contributed by atoms with Gasteiger partial charge in [0.25, 0.3) is 5.91 Å². The molecule has 1 amide bonds. The van der Waals surface area contributed by atoms with Crippen molar-refractivity contribution in [1.82, 2.24) is 9.97 Å². The van der Waals surface area contributed by atoms with E-state index in [-0.39, 0.29) is 5.91 Å². The molecule has 6 nitrogen and oxygen atoms in total. The second-order valence-electron chi connectivity index (χ2n) is 7.00. The summed E-state index contributed by atoms with van der Waals surface area (Å²) in [6.45, 7) is 4.06. The molecule has 4 rings (SSSR count). The Kier molecular flexibility index (Phi) is 6.72. The molecule has 0 atom stereocenters. The first-order valence-corrected chi connectivity index (χ1v) is 11.4. The van der Waals surface area contributed by atoms with Crippen molar-refractivity contribution in [2.45, 2.75) is 18.7 Å². The molecule has 0 unspecified atom stereocenters. The minimum atomic E-state index is -0.207. The van der Waals surface area contributed by atoms with E-state index >= 15 is 0 Å². The van der Waals surface area contributed by atoms with Crippen LogP contribution in [0.2, 0.25) is 0 Å². The zero-order valence-corrected chi connectivity index (χ0v) is 19.4. The molecule has 4 aromatic rings. The molecule has 32 heavy (non-hydrogen) atoms. The Morgan fingerprint density at radius 2 is 1.69 bits per heavy atom. The van der Waals surface area contributed by atoms with Crippen LogP contribution >= 0.6 is 23.4 Å². The zero-order valence-electron chi connectivity index (χ0n) is 17.8. The summed E-state index contributed by atoms with van der Waals surface area (Å²) in [5, 5.41) is 5.35. The van der Waals surface area contributed by atoms with Gasteiger partial charge < -0.3 is 8.92 Å². The fraction of sp³-hybridized carbons (Fsp3) is 0.125. The van der Waals surface area contributed by atoms with Crippen molar-refractivity contribution in [2.75, 3.05) is 12.4 Å². The van der Waals surface area contributed by atoms with E-state index in [2.05, 4.69) is 15.3 Å². The Morgan fingerprint density at radius 1 is 1.00 bits per heavy atom. The van der Waals surface area contributed by atoms with Crippen LogP contribution in [0.3, 0.4) is 0 Å². The van der Waals surface area contributed by atoms with E-state index in [1.165, 1.54) is 23.4 Å². The molecule has 2 heterocycles. The van der Waals surface area contributed by atoms with Gasteiger partial charge >= 0.3 is 0 Å². The number of methoxy groups -OCH3 is 1. The lowest BCUT2D eigenvalue weighted by molar-refractivity contribution is 0.102. The van der Waals surface area contributed by atoms with Gasteiger partial charge in [-0.25, -0.2) is 4.98 Å². The van der Waals surface area contributed by atoms with Crippen molar-refractivity contribution in [1.29, 1.82) is 0 Å². The summed E-state index contributed by atoms with van der Waals surface area (Å²) in [4.78, 5) is 21.9. The summed E-state index contributed by atoms with van der Waals surface area (Å²) in [6, 6.07) is 15.0. The van der Waals surface area contributed by atoms with Gasteiger partial charge in [-0.3, -0.25) is 15.1 Å². The number of thiazole rings is 1. The Morgan fingerprint density at radius 3 is 2.34 bits per heavy atom. The van der Waals surface area contributed by atoms with Crippen molar-refractivity contribution in [3.63, 3.8) is 0 Å². The van der Waals surface area contributed by atoms with Gasteiger partial charge in [-0.05, 0) is 73.5 Å². The molecule has 8 heteroatoms. The third-order valence-electron chi connectivity index (χ3n) is 4.72. The van der Waals surface area contributed by atoms with E-state index < -0.39 is 0 Å². The minimum Gasteiger partial charge on any atom is -0.497 e. The molecule has 0 bridgehead atoms. The smallest absolute Gasteiger partial charge is 0.257 e. The van der Waals surface area contributed by atoms with Crippen molar-refractivity contribution in [3.05, 3.63) is 83.0 Å². The van der Waals surface area contributed by atoms with E-state index in [0.717, 1.165) is 38.8 Å². The molecule has 162 valence electrons. The lowest BCUT2D eigenvalue weighted by Crippen LogP contribution is -2.11. The first-order valence-electron chi connectivity index (χ1n) is 9.80. The van der Waals surface area contributed by atoms with Crippen LogP contribution < -0.4 is 14.2 Å². The van der Waals surface area contributed by atoms with Gasteiger partial charge in [-0.2, -0.15) is 0 Å². The first kappa shape index (κ1) is 21.9. The molecule has 0 aliphatic carbocycles. The predicted molar refractivity (Wildman–Crippen MR) is 129 cm³/mol. The van der Waals surface area contributed by atoms with Gasteiger partial charge in [0.05, 0.1) is 24.8 Å². The third kappa shape index (κ3) is 5.09. The van der Waals surface area contributed by atoms with Crippen LogP contribution in [0.1, 0.15) is 21.5 Å². The van der Waals surface area contributed by atoms with Crippen LogP contribution in [0.25, 0.3) is 11.3 Å². The molecule has 2 aromatic heterocycles. The highest BCUT2D eigenvalue weighted by Crippen LogP contribution is 2.35. The highest BCUT2D eigenvalue weighted by molar-refractivity contribution is 7.95. The third-order valence-corrected chi connectivity index (χ3v) is 6.22. The summed E-state index contributed by atoms with van der Waals surface area (Å²) in [5.41, 5.74) is 4.50. The standard InChI is InChI=1S/C24H21N3O3S2/c1-15-12-19(30-32-20-6-4-18(29-3)5-7-20)13-16(2)22(15)21-14-31-24(26-21)27-23(28)17-8-10-25-11-9-17/h4-14H,1-3H3,(H,26,27,28). The Balaban J connectivity index is 1.46. The lowest BCUT2D eigenvalue weighted by atomic mass is 10.0. The van der Waals surface area contributed by atoms with Crippen molar-refractivity contribution < 1.29 is 13.7 Å². The van der Waals surface area contributed by atoms with Crippen molar-refractivity contribution >= 4 is 34.4 Å². The number of pyridine rings is 1. The molecule has 0 saturated carbocycles. The molecule has 2 aromatic carbocycles. The number of amides is 1. The van der Waals surface area contributed by atoms with Crippen LogP contribution in [-0.2, 0) is 0 Å². The zero-order chi connectivity index (χ0) is 22.5. The van der Waals surface area contributed by atoms with E-state index in [4.69, 9.17) is 8.92 Å². The summed E-state index contributed by atoms with van der Waals surface area (Å²) >= 11 is 2.69. The number of nitrogens with one attached hydrogen (secondary N) is 1. The Labute approximate surface area is 194 Å². The molecule has 0 radical (unpaired) electrons. The topological polar surface area (TPSA) is 73.3 Å². The number of anilines is 1. The second kappa shape index (κ2) is 9.84. The normalized spacial score (nSPS) is 10.6. The summed E-state index contributed by atoms with van der Waals surface area (Å²) in [6.07, 6.45) is 3.18. The average molecular weight is 464 g/mol. The second-order valence-corrected chi connectivity index (χ2v) is 8.67. The quantitative estimate of drug-likeness (QED) is 0.331. The fourth-order valence-electron chi connectivity index (χ4n) is 3.22. The number of carbonyl (C=O) groups is 1. The van der Waals surface area contributed by atoms with Gasteiger partial charge in [0.15, 0.2) is 5.13 Å². The number of carbonyl (C=O) groups excluding carboxylic acids is 1. The molecule has 0 aliphatic heterocycles. The summed E-state index contributed by atoms with van der Waals surface area (Å²) < 4.78 is 11.1. The number of benzene rings is 2. The predicted octanol–water partition coefficient (Wildman–Crippen LogP) is 6.17. The fourth-order valence-corrected chi connectivity index (χ4v) is 4.45. The summed E-state index contributed by atoms with van der Waals surface area (Å²) in [5.74, 6) is 1.37. The molecule has 1 N–H and O–H groups in total. The van der Waals surface area contributed by atoms with Gasteiger partial charge in [-0.15, -0.1) is 11.3 Å². The van der Waals surface area contributed by atoms with Crippen LogP contribution in [0.5, 0.6) is 11.5 Å². The number of hydrogen-bond acceptors (Lipinski definition) is 7. The van der Waals surface area contributed by atoms with Crippen LogP contribution in [-0.4, -0.2) is 23.0 Å². The first-order chi connectivity index (χ1) is 15.5. The van der Waals surface area contributed by atoms with Crippen LogP contribution in [0, 0.1) is 13.8 Å². The molecular formula is C24H21N3O3S2. The van der Waals surface area contributed by atoms with Crippen molar-refractivity contribution in [2.24, 2.45) is 0 Å². The maximum atomic E-state index is 12.4. The van der Waals surface area contributed by atoms with E-state index in [9.17, 15) is 4.79 Å². The maximum absolute atomic E-state index is 12.4. The van der Waals surface area contributed by atoms with Gasteiger partial charge in [0.2, 0.25) is 0 Å². The average Bonchev–Trinajstić information content (AvgIpc) is 3.26. The molecule has 0 fully saturated rings. The Hall–Kier alpha value is -3.36. The van der Waals surface area contributed by atoms with Crippen LogP contribution in [0.15, 0.2) is 71.2 Å². The van der Waals surface area contributed by atoms with Gasteiger partial charge in [0, 0.05) is 33.8 Å². The number of aryl methyl sites for hydroxylation is 2. The van der Waals surface area contributed by atoms with E-state index in [0.29, 0.717) is 10.7 Å². The van der Waals surface area contributed by atoms with Crippen LogP contribution in [0.4, 0.5) is 5.13 Å². The molecular weight excluding hydrogens is 442 g/mol. The monoisotopic (exact) mass is 463 g/mol. The molecule has 0 aliphatic rings. The molecule has 0 saturated heterocycles. The molecule has 0 spiro atoms. The number of hydrogen-bond donors (Lipinski definition) is 1. The highest BCUT2D eigenvalue weighted by Gasteiger charge is 2.14. The number of aromatic nitrogens is 2. The Bertz CT molecular complexity index is 1200. The highest BCUT2D eigenvalue weighted by atomic mass is 32.2. The van der Waals surface area contributed by atoms with E-state index in [1.54, 1.807) is 31.6 Å². The van der Waals surface area contributed by atoms with Crippen molar-refractivity contribution in [3.8, 4) is 22.8 Å². The van der Waals surface area contributed by atoms with Gasteiger partial charge in [0.1, 0.15) is 11.5 Å². The SMILES string of the molecule is COc1ccc(SOc2cc(C)c(-c3csc(NC(=O)c4ccncc4)n3)c(C)c2)cc1. The maximum Gasteiger partial charge on any atom is 0.257 e. The minimum absolute atomic E-state index is 0.207. The van der Waals surface area contributed by atoms with E-state index in [1.807, 2.05) is 55.6 Å². The number of rotatable bonds is 7.